The van der Waals surface area contributed by atoms with Crippen LogP contribution in [0.4, 0.5) is 14.5 Å². The minimum Gasteiger partial charge on any atom is -0.366 e. The SMILES string of the molecule is CC1(c2ccccc2C(N)=O)N=C(C2CCCC2)N(c2cccc(Cl)c2F)C1c1ccc(F)c(Cl)c1. The van der Waals surface area contributed by atoms with Crippen LogP contribution in [0.1, 0.15) is 60.1 Å². The largest absolute Gasteiger partial charge is 0.366 e. The van der Waals surface area contributed by atoms with Crippen molar-refractivity contribution in [2.45, 2.75) is 44.2 Å². The quantitative estimate of drug-likeness (QED) is 0.374. The molecular weight excluding hydrogens is 503 g/mol. The van der Waals surface area contributed by atoms with Gasteiger partial charge in [0, 0.05) is 11.5 Å². The van der Waals surface area contributed by atoms with E-state index in [2.05, 4.69) is 0 Å². The molecule has 2 atom stereocenters. The molecule has 3 aromatic rings. The summed E-state index contributed by atoms with van der Waals surface area (Å²) in [5, 5.41) is -0.0702. The Morgan fingerprint density at radius 2 is 1.75 bits per heavy atom. The fourth-order valence-corrected chi connectivity index (χ4v) is 6.01. The number of anilines is 1. The third-order valence-corrected chi connectivity index (χ3v) is 7.87. The van der Waals surface area contributed by atoms with Gasteiger partial charge in [0.1, 0.15) is 17.2 Å². The molecule has 1 aliphatic carbocycles. The van der Waals surface area contributed by atoms with Gasteiger partial charge < -0.3 is 10.6 Å². The lowest BCUT2D eigenvalue weighted by Crippen LogP contribution is -2.40. The lowest BCUT2D eigenvalue weighted by atomic mass is 9.79. The number of halogens is 4. The highest BCUT2D eigenvalue weighted by molar-refractivity contribution is 6.31. The normalized spacial score (nSPS) is 22.2. The van der Waals surface area contributed by atoms with Crippen LogP contribution < -0.4 is 10.6 Å². The fourth-order valence-electron chi connectivity index (χ4n) is 5.65. The van der Waals surface area contributed by atoms with Crippen LogP contribution in [0.15, 0.2) is 65.7 Å². The van der Waals surface area contributed by atoms with Crippen molar-refractivity contribution in [3.8, 4) is 0 Å². The highest BCUT2D eigenvalue weighted by Crippen LogP contribution is 2.53. The predicted molar refractivity (Wildman–Crippen MR) is 140 cm³/mol. The molecule has 3 aromatic carbocycles. The van der Waals surface area contributed by atoms with Crippen molar-refractivity contribution in [1.82, 2.24) is 0 Å². The molecule has 0 radical (unpaired) electrons. The maximum Gasteiger partial charge on any atom is 0.249 e. The number of carbonyl (C=O) groups excluding carboxylic acids is 1. The van der Waals surface area contributed by atoms with E-state index in [1.165, 1.54) is 18.2 Å². The predicted octanol–water partition coefficient (Wildman–Crippen LogP) is 7.44. The van der Waals surface area contributed by atoms with Crippen LogP contribution in [0.3, 0.4) is 0 Å². The summed E-state index contributed by atoms with van der Waals surface area (Å²) in [4.78, 5) is 19.6. The van der Waals surface area contributed by atoms with Crippen LogP contribution >= 0.6 is 23.2 Å². The van der Waals surface area contributed by atoms with Gasteiger partial charge >= 0.3 is 0 Å². The molecule has 1 heterocycles. The van der Waals surface area contributed by atoms with Crippen LogP contribution in [-0.2, 0) is 5.54 Å². The molecule has 4 nitrogen and oxygen atoms in total. The van der Waals surface area contributed by atoms with Crippen molar-refractivity contribution in [2.75, 3.05) is 4.90 Å². The molecule has 0 saturated heterocycles. The van der Waals surface area contributed by atoms with E-state index in [1.807, 2.05) is 24.0 Å². The zero-order valence-corrected chi connectivity index (χ0v) is 21.2. The molecule has 2 aliphatic rings. The van der Waals surface area contributed by atoms with E-state index in [0.717, 1.165) is 25.7 Å². The Bertz CT molecular complexity index is 1370. The van der Waals surface area contributed by atoms with E-state index in [1.54, 1.807) is 30.3 Å². The number of rotatable bonds is 5. The topological polar surface area (TPSA) is 58.7 Å². The number of hydrogen-bond donors (Lipinski definition) is 1. The summed E-state index contributed by atoms with van der Waals surface area (Å²) >= 11 is 12.4. The molecule has 2 unspecified atom stereocenters. The van der Waals surface area contributed by atoms with E-state index >= 15 is 4.39 Å². The first kappa shape index (κ1) is 24.7. The maximum absolute atomic E-state index is 15.6. The summed E-state index contributed by atoms with van der Waals surface area (Å²) in [7, 11) is 0. The van der Waals surface area contributed by atoms with Crippen LogP contribution in [0.25, 0.3) is 0 Å². The zero-order valence-electron chi connectivity index (χ0n) is 19.6. The standard InChI is InChI=1S/C28H25Cl2F2N3O/c1-28(19-10-5-4-9-18(19)26(33)36)25(17-13-14-22(31)21(30)15-17)35(23-12-6-11-20(29)24(23)32)27(34-28)16-7-2-3-8-16/h4-6,9-16,25H,2-3,7-8H2,1H3,(H2,33,36). The van der Waals surface area contributed by atoms with Gasteiger partial charge in [0.2, 0.25) is 5.91 Å². The second kappa shape index (κ2) is 9.49. The van der Waals surface area contributed by atoms with Gasteiger partial charge in [0.05, 0.1) is 21.8 Å². The molecule has 1 amide bonds. The maximum atomic E-state index is 15.6. The van der Waals surface area contributed by atoms with Crippen molar-refractivity contribution in [3.63, 3.8) is 0 Å². The summed E-state index contributed by atoms with van der Waals surface area (Å²) in [5.74, 6) is -0.927. The smallest absolute Gasteiger partial charge is 0.249 e. The Morgan fingerprint density at radius 3 is 2.44 bits per heavy atom. The molecule has 2 N–H and O–H groups in total. The molecule has 0 bridgehead atoms. The summed E-state index contributed by atoms with van der Waals surface area (Å²) in [6, 6.07) is 15.7. The first-order valence-corrected chi connectivity index (χ1v) is 12.6. The summed E-state index contributed by atoms with van der Waals surface area (Å²) in [6.45, 7) is 1.90. The number of benzene rings is 3. The van der Waals surface area contributed by atoms with E-state index in [-0.39, 0.29) is 21.7 Å². The molecule has 0 aromatic heterocycles. The van der Waals surface area contributed by atoms with Gasteiger partial charge in [-0.15, -0.1) is 0 Å². The molecule has 1 aliphatic heterocycles. The second-order valence-corrected chi connectivity index (χ2v) is 10.3. The molecule has 8 heteroatoms. The van der Waals surface area contributed by atoms with Gasteiger partial charge in [-0.3, -0.25) is 9.79 Å². The summed E-state index contributed by atoms with van der Waals surface area (Å²) in [6.07, 6.45) is 3.89. The van der Waals surface area contributed by atoms with Crippen molar-refractivity contribution in [3.05, 3.63) is 99.0 Å². The van der Waals surface area contributed by atoms with Crippen LogP contribution in [0.5, 0.6) is 0 Å². The highest BCUT2D eigenvalue weighted by Gasteiger charge is 2.51. The van der Waals surface area contributed by atoms with Crippen molar-refractivity contribution in [1.29, 1.82) is 0 Å². The van der Waals surface area contributed by atoms with Gasteiger partial charge in [-0.1, -0.05) is 66.4 Å². The van der Waals surface area contributed by atoms with E-state index in [9.17, 15) is 9.18 Å². The molecule has 186 valence electrons. The molecule has 1 saturated carbocycles. The van der Waals surface area contributed by atoms with Gasteiger partial charge in [-0.2, -0.15) is 0 Å². The number of amidine groups is 1. The van der Waals surface area contributed by atoms with Gasteiger partial charge in [-0.25, -0.2) is 8.78 Å². The Morgan fingerprint density at radius 1 is 1.03 bits per heavy atom. The van der Waals surface area contributed by atoms with Crippen LogP contribution in [0, 0.1) is 17.6 Å². The first-order valence-electron chi connectivity index (χ1n) is 11.9. The minimum absolute atomic E-state index is 0.0136. The number of primary amides is 1. The number of hydrogen-bond acceptors (Lipinski definition) is 3. The Kier molecular flexibility index (Phi) is 6.52. The zero-order chi connectivity index (χ0) is 25.6. The van der Waals surface area contributed by atoms with E-state index in [4.69, 9.17) is 33.9 Å². The summed E-state index contributed by atoms with van der Waals surface area (Å²) in [5.41, 5.74) is 6.50. The average Bonchev–Trinajstić information content (AvgIpc) is 3.49. The number of aliphatic imine (C=N–C) groups is 1. The third kappa shape index (κ3) is 4.06. The Labute approximate surface area is 218 Å². The summed E-state index contributed by atoms with van der Waals surface area (Å²) < 4.78 is 29.8. The van der Waals surface area contributed by atoms with E-state index in [0.29, 0.717) is 22.5 Å². The van der Waals surface area contributed by atoms with Crippen molar-refractivity contribution >= 4 is 40.6 Å². The number of carbonyl (C=O) groups is 1. The van der Waals surface area contributed by atoms with Gasteiger partial charge in [0.15, 0.2) is 5.82 Å². The Balaban J connectivity index is 1.82. The Hall–Kier alpha value is -2.96. The first-order chi connectivity index (χ1) is 17.2. The lowest BCUT2D eigenvalue weighted by molar-refractivity contribution is 0.0997. The van der Waals surface area contributed by atoms with Crippen molar-refractivity contribution < 1.29 is 13.6 Å². The van der Waals surface area contributed by atoms with Gasteiger partial charge in [-0.05, 0) is 61.2 Å². The second-order valence-electron chi connectivity index (χ2n) is 9.53. The average molecular weight is 528 g/mol. The number of amides is 1. The molecule has 1 fully saturated rings. The molecule has 36 heavy (non-hydrogen) atoms. The van der Waals surface area contributed by atoms with Crippen LogP contribution in [0.2, 0.25) is 10.0 Å². The van der Waals surface area contributed by atoms with Crippen LogP contribution in [-0.4, -0.2) is 11.7 Å². The van der Waals surface area contributed by atoms with Crippen molar-refractivity contribution in [2.24, 2.45) is 16.6 Å². The fraction of sp³-hybridized carbons (Fsp3) is 0.286. The monoisotopic (exact) mass is 527 g/mol. The minimum atomic E-state index is -1.07. The molecule has 0 spiro atoms. The highest BCUT2D eigenvalue weighted by atomic mass is 35.5. The lowest BCUT2D eigenvalue weighted by Gasteiger charge is -2.38. The number of nitrogens with zero attached hydrogens (tertiary/aromatic N) is 2. The molecular formula is C28H25Cl2F2N3O. The molecule has 5 rings (SSSR count). The van der Waals surface area contributed by atoms with Gasteiger partial charge in [0.25, 0.3) is 0 Å². The number of nitrogens with two attached hydrogens (primary N) is 1. The van der Waals surface area contributed by atoms with E-state index < -0.39 is 29.1 Å². The third-order valence-electron chi connectivity index (χ3n) is 7.29.